The van der Waals surface area contributed by atoms with Crippen LogP contribution in [0, 0.1) is 0 Å². The molecule has 0 fully saturated rings. The topological polar surface area (TPSA) is 34.1 Å². The van der Waals surface area contributed by atoms with Gasteiger partial charge in [-0.3, -0.25) is 5.01 Å². The molecule has 0 saturated carbocycles. The number of hydrogen-bond acceptors (Lipinski definition) is 4. The van der Waals surface area contributed by atoms with Gasteiger partial charge in [0.25, 0.3) is 0 Å². The van der Waals surface area contributed by atoms with Gasteiger partial charge in [-0.15, -0.1) is 0 Å². The average molecular weight is 343 g/mol. The van der Waals surface area contributed by atoms with E-state index in [1.54, 1.807) is 7.11 Å². The van der Waals surface area contributed by atoms with Crippen LogP contribution in [-0.2, 0) is 0 Å². The minimum absolute atomic E-state index is 0.0800. The SMILES string of the molecule is CCC1Oc2c(OC)cccc2C2CC(c3ccc(Cl)cc3)=NN12. The molecule has 4 nitrogen and oxygen atoms in total. The van der Waals surface area contributed by atoms with Crippen LogP contribution < -0.4 is 9.47 Å². The first kappa shape index (κ1) is 15.3. The van der Waals surface area contributed by atoms with E-state index < -0.39 is 0 Å². The molecule has 5 heteroatoms. The maximum Gasteiger partial charge on any atom is 0.187 e. The lowest BCUT2D eigenvalue weighted by molar-refractivity contribution is -0.0206. The van der Waals surface area contributed by atoms with E-state index >= 15 is 0 Å². The highest BCUT2D eigenvalue weighted by Crippen LogP contribution is 2.47. The van der Waals surface area contributed by atoms with Gasteiger partial charge in [-0.2, -0.15) is 5.10 Å². The number of hydrogen-bond donors (Lipinski definition) is 0. The highest BCUT2D eigenvalue weighted by atomic mass is 35.5. The first-order valence-electron chi connectivity index (χ1n) is 8.16. The fourth-order valence-corrected chi connectivity index (χ4v) is 3.53. The minimum atomic E-state index is -0.0800. The molecule has 24 heavy (non-hydrogen) atoms. The molecule has 0 radical (unpaired) electrons. The van der Waals surface area contributed by atoms with Gasteiger partial charge in [-0.25, -0.2) is 0 Å². The third-order valence-corrected chi connectivity index (χ3v) is 4.86. The van der Waals surface area contributed by atoms with Crippen molar-refractivity contribution in [2.45, 2.75) is 32.0 Å². The highest BCUT2D eigenvalue weighted by Gasteiger charge is 2.40. The molecule has 4 rings (SSSR count). The van der Waals surface area contributed by atoms with Crippen LogP contribution >= 0.6 is 11.6 Å². The normalized spacial score (nSPS) is 21.6. The van der Waals surface area contributed by atoms with Crippen LogP contribution in [0.3, 0.4) is 0 Å². The lowest BCUT2D eigenvalue weighted by Crippen LogP contribution is -2.39. The predicted octanol–water partition coefficient (Wildman–Crippen LogP) is 4.63. The number of benzene rings is 2. The van der Waals surface area contributed by atoms with Gasteiger partial charge in [0.1, 0.15) is 0 Å². The van der Waals surface area contributed by atoms with E-state index in [4.69, 9.17) is 26.2 Å². The van der Waals surface area contributed by atoms with E-state index in [9.17, 15) is 0 Å². The molecule has 124 valence electrons. The lowest BCUT2D eigenvalue weighted by atomic mass is 9.96. The fourth-order valence-electron chi connectivity index (χ4n) is 3.40. The minimum Gasteiger partial charge on any atom is -0.493 e. The van der Waals surface area contributed by atoms with Gasteiger partial charge in [0.2, 0.25) is 0 Å². The van der Waals surface area contributed by atoms with E-state index in [0.717, 1.165) is 46.2 Å². The monoisotopic (exact) mass is 342 g/mol. The number of fused-ring (bicyclic) bond motifs is 3. The van der Waals surface area contributed by atoms with Crippen molar-refractivity contribution in [3.63, 3.8) is 0 Å². The molecule has 0 spiro atoms. The second-order valence-electron chi connectivity index (χ2n) is 6.01. The molecule has 2 heterocycles. The number of methoxy groups -OCH3 is 1. The smallest absolute Gasteiger partial charge is 0.187 e. The first-order valence-corrected chi connectivity index (χ1v) is 8.54. The van der Waals surface area contributed by atoms with Crippen LogP contribution in [0.15, 0.2) is 47.6 Å². The summed E-state index contributed by atoms with van der Waals surface area (Å²) in [5, 5.41) is 7.68. The molecule has 2 aliphatic heterocycles. The molecular weight excluding hydrogens is 324 g/mol. The van der Waals surface area contributed by atoms with E-state index in [0.29, 0.717) is 0 Å². The largest absolute Gasteiger partial charge is 0.493 e. The van der Waals surface area contributed by atoms with Gasteiger partial charge in [-0.05, 0) is 23.8 Å². The Kier molecular flexibility index (Phi) is 3.85. The molecule has 0 amide bonds. The van der Waals surface area contributed by atoms with Gasteiger partial charge < -0.3 is 9.47 Å². The van der Waals surface area contributed by atoms with Crippen LogP contribution in [0.1, 0.15) is 36.9 Å². The average Bonchev–Trinajstić information content (AvgIpc) is 3.06. The fraction of sp³-hybridized carbons (Fsp3) is 0.316. The van der Waals surface area contributed by atoms with Crippen molar-refractivity contribution in [1.29, 1.82) is 0 Å². The third-order valence-electron chi connectivity index (χ3n) is 4.61. The summed E-state index contributed by atoms with van der Waals surface area (Å²) >= 11 is 6.00. The van der Waals surface area contributed by atoms with Crippen LogP contribution in [0.2, 0.25) is 5.02 Å². The number of rotatable bonds is 3. The van der Waals surface area contributed by atoms with Gasteiger partial charge in [0, 0.05) is 23.4 Å². The second kappa shape index (κ2) is 6.02. The van der Waals surface area contributed by atoms with Crippen LogP contribution in [0.4, 0.5) is 0 Å². The summed E-state index contributed by atoms with van der Waals surface area (Å²) in [7, 11) is 1.68. The van der Waals surface area contributed by atoms with Crippen LogP contribution in [0.5, 0.6) is 11.5 Å². The first-order chi connectivity index (χ1) is 11.7. The molecule has 2 unspecified atom stereocenters. The van der Waals surface area contributed by atoms with Crippen molar-refractivity contribution >= 4 is 17.3 Å². The van der Waals surface area contributed by atoms with Crippen LogP contribution in [0.25, 0.3) is 0 Å². The standard InChI is InChI=1S/C19H19ClN2O2/c1-3-18-22-16(14-5-4-6-17(23-2)19(14)24-18)11-15(21-22)12-7-9-13(20)10-8-12/h4-10,16,18H,3,11H2,1-2H3. The molecule has 0 saturated heterocycles. The Morgan fingerprint density at radius 1 is 1.25 bits per heavy atom. The van der Waals surface area contributed by atoms with Gasteiger partial charge in [0.15, 0.2) is 17.7 Å². The van der Waals surface area contributed by atoms with Crippen molar-refractivity contribution in [3.05, 3.63) is 58.6 Å². The summed E-state index contributed by atoms with van der Waals surface area (Å²) in [5.74, 6) is 1.63. The van der Waals surface area contributed by atoms with Crippen molar-refractivity contribution in [1.82, 2.24) is 5.01 Å². The summed E-state index contributed by atoms with van der Waals surface area (Å²) in [5.41, 5.74) is 3.30. The lowest BCUT2D eigenvalue weighted by Gasteiger charge is -2.38. The Morgan fingerprint density at radius 3 is 2.75 bits per heavy atom. The van der Waals surface area contributed by atoms with E-state index in [-0.39, 0.29) is 12.3 Å². The molecule has 0 bridgehead atoms. The summed E-state index contributed by atoms with van der Waals surface area (Å²) in [6, 6.07) is 14.1. The molecule has 2 atom stereocenters. The Labute approximate surface area is 146 Å². The van der Waals surface area contributed by atoms with Crippen molar-refractivity contribution in [2.24, 2.45) is 5.10 Å². The number of nitrogens with zero attached hydrogens (tertiary/aromatic N) is 2. The number of para-hydroxylation sites is 1. The van der Waals surface area contributed by atoms with E-state index in [2.05, 4.69) is 18.0 Å². The molecule has 0 aromatic heterocycles. The summed E-state index contributed by atoms with van der Waals surface area (Å²) in [6.45, 7) is 2.11. The van der Waals surface area contributed by atoms with Crippen molar-refractivity contribution in [3.8, 4) is 11.5 Å². The number of halogens is 1. The molecule has 2 aromatic carbocycles. The Morgan fingerprint density at radius 2 is 2.04 bits per heavy atom. The van der Waals surface area contributed by atoms with Gasteiger partial charge >= 0.3 is 0 Å². The highest BCUT2D eigenvalue weighted by molar-refractivity contribution is 6.30. The maximum atomic E-state index is 6.19. The van der Waals surface area contributed by atoms with E-state index in [1.807, 2.05) is 36.4 Å². The number of hydrazone groups is 1. The second-order valence-corrected chi connectivity index (χ2v) is 6.45. The zero-order valence-corrected chi connectivity index (χ0v) is 14.5. The van der Waals surface area contributed by atoms with Crippen molar-refractivity contribution in [2.75, 3.05) is 7.11 Å². The quantitative estimate of drug-likeness (QED) is 0.815. The molecule has 2 aromatic rings. The Balaban J connectivity index is 1.74. The van der Waals surface area contributed by atoms with Crippen LogP contribution in [-0.4, -0.2) is 24.1 Å². The van der Waals surface area contributed by atoms with E-state index in [1.165, 1.54) is 0 Å². The van der Waals surface area contributed by atoms with Gasteiger partial charge in [-0.1, -0.05) is 42.8 Å². The Bertz CT molecular complexity index is 788. The molecular formula is C19H19ClN2O2. The summed E-state index contributed by atoms with van der Waals surface area (Å²) in [6.07, 6.45) is 1.62. The maximum absolute atomic E-state index is 6.19. The zero-order valence-electron chi connectivity index (χ0n) is 13.7. The molecule has 2 aliphatic rings. The Hall–Kier alpha value is -2.20. The summed E-state index contributed by atoms with van der Waals surface area (Å²) < 4.78 is 11.7. The summed E-state index contributed by atoms with van der Waals surface area (Å²) in [4.78, 5) is 0. The number of ether oxygens (including phenoxy) is 2. The zero-order chi connectivity index (χ0) is 16.7. The predicted molar refractivity (Wildman–Crippen MR) is 94.9 cm³/mol. The van der Waals surface area contributed by atoms with Crippen molar-refractivity contribution < 1.29 is 9.47 Å². The molecule has 0 N–H and O–H groups in total. The molecule has 0 aliphatic carbocycles. The third kappa shape index (κ3) is 2.42. The van der Waals surface area contributed by atoms with Gasteiger partial charge in [0.05, 0.1) is 18.9 Å².